The summed E-state index contributed by atoms with van der Waals surface area (Å²) >= 11 is 1.65. The van der Waals surface area contributed by atoms with Gasteiger partial charge in [-0.05, 0) is 30.5 Å². The van der Waals surface area contributed by atoms with E-state index in [9.17, 15) is 0 Å². The van der Waals surface area contributed by atoms with E-state index in [1.165, 1.54) is 0 Å². The number of thiophene rings is 1. The molecule has 0 atom stereocenters. The van der Waals surface area contributed by atoms with Crippen molar-refractivity contribution in [1.29, 1.82) is 0 Å². The predicted molar refractivity (Wildman–Crippen MR) is 98.1 cm³/mol. The Hall–Kier alpha value is -2.73. The molecule has 0 spiro atoms. The van der Waals surface area contributed by atoms with Crippen molar-refractivity contribution >= 4 is 28.1 Å². The van der Waals surface area contributed by atoms with Crippen molar-refractivity contribution in [1.82, 2.24) is 19.7 Å². The number of hydrogen-bond acceptors (Lipinski definition) is 5. The molecule has 0 aliphatic carbocycles. The summed E-state index contributed by atoms with van der Waals surface area (Å²) in [6.07, 6.45) is 1.89. The standard InChI is InChI=1S/C18H17N5S/c1-12-14(10-20-23(12)2)9-19-18-15-5-3-4-6-16(15)21-17(22-18)13-7-8-24-11-13/h3-8,10-11H,9H2,1-2H3,(H,19,21,22). The molecule has 0 fully saturated rings. The largest absolute Gasteiger partial charge is 0.365 e. The van der Waals surface area contributed by atoms with Gasteiger partial charge in [-0.2, -0.15) is 16.4 Å². The third-order valence-electron chi connectivity index (χ3n) is 4.17. The maximum Gasteiger partial charge on any atom is 0.162 e. The molecule has 24 heavy (non-hydrogen) atoms. The van der Waals surface area contributed by atoms with Gasteiger partial charge in [0.25, 0.3) is 0 Å². The number of fused-ring (bicyclic) bond motifs is 1. The zero-order chi connectivity index (χ0) is 16.5. The van der Waals surface area contributed by atoms with Crippen molar-refractivity contribution in [3.05, 3.63) is 58.5 Å². The summed E-state index contributed by atoms with van der Waals surface area (Å²) < 4.78 is 1.88. The highest BCUT2D eigenvalue weighted by Crippen LogP contribution is 2.26. The summed E-state index contributed by atoms with van der Waals surface area (Å²) in [6.45, 7) is 2.75. The highest BCUT2D eigenvalue weighted by molar-refractivity contribution is 7.08. The number of rotatable bonds is 4. The molecule has 0 aliphatic rings. The lowest BCUT2D eigenvalue weighted by Crippen LogP contribution is -2.05. The molecule has 0 amide bonds. The highest BCUT2D eigenvalue weighted by atomic mass is 32.1. The number of anilines is 1. The maximum absolute atomic E-state index is 4.75. The lowest BCUT2D eigenvalue weighted by molar-refractivity contribution is 0.738. The molecular formula is C18H17N5S. The first-order chi connectivity index (χ1) is 11.7. The summed E-state index contributed by atoms with van der Waals surface area (Å²) in [5.41, 5.74) is 4.31. The third-order valence-corrected chi connectivity index (χ3v) is 4.85. The summed E-state index contributed by atoms with van der Waals surface area (Å²) in [5, 5.41) is 12.9. The van der Waals surface area contributed by atoms with Crippen molar-refractivity contribution < 1.29 is 0 Å². The molecule has 4 aromatic rings. The van der Waals surface area contributed by atoms with E-state index in [-0.39, 0.29) is 0 Å². The molecule has 5 nitrogen and oxygen atoms in total. The molecule has 3 aromatic heterocycles. The molecule has 0 unspecified atom stereocenters. The number of aryl methyl sites for hydroxylation is 1. The van der Waals surface area contributed by atoms with Gasteiger partial charge >= 0.3 is 0 Å². The molecule has 3 heterocycles. The van der Waals surface area contributed by atoms with Crippen LogP contribution in [0.4, 0.5) is 5.82 Å². The lowest BCUT2D eigenvalue weighted by atomic mass is 10.2. The third kappa shape index (κ3) is 2.65. The van der Waals surface area contributed by atoms with Crippen LogP contribution in [0.2, 0.25) is 0 Å². The van der Waals surface area contributed by atoms with Crippen molar-refractivity contribution in [3.63, 3.8) is 0 Å². The van der Waals surface area contributed by atoms with Crippen molar-refractivity contribution in [2.24, 2.45) is 7.05 Å². The number of nitrogens with zero attached hydrogens (tertiary/aromatic N) is 4. The minimum atomic E-state index is 0.684. The Balaban J connectivity index is 1.74. The molecular weight excluding hydrogens is 318 g/mol. The van der Waals surface area contributed by atoms with Gasteiger partial charge in [0.05, 0.1) is 11.7 Å². The van der Waals surface area contributed by atoms with Gasteiger partial charge in [-0.3, -0.25) is 4.68 Å². The van der Waals surface area contributed by atoms with Crippen LogP contribution in [0.5, 0.6) is 0 Å². The Bertz CT molecular complexity index is 988. The van der Waals surface area contributed by atoms with Crippen LogP contribution in [-0.2, 0) is 13.6 Å². The Morgan fingerprint density at radius 2 is 2.04 bits per heavy atom. The molecule has 0 bridgehead atoms. The van der Waals surface area contributed by atoms with Gasteiger partial charge in [0.2, 0.25) is 0 Å². The number of hydrogen-bond donors (Lipinski definition) is 1. The second-order valence-corrected chi connectivity index (χ2v) is 6.44. The number of nitrogens with one attached hydrogen (secondary N) is 1. The monoisotopic (exact) mass is 335 g/mol. The van der Waals surface area contributed by atoms with E-state index >= 15 is 0 Å². The zero-order valence-electron chi connectivity index (χ0n) is 13.5. The Kier molecular flexibility index (Phi) is 3.74. The first-order valence-electron chi connectivity index (χ1n) is 7.73. The summed E-state index contributed by atoms with van der Waals surface area (Å²) in [5.74, 6) is 1.60. The average molecular weight is 335 g/mol. The van der Waals surface area contributed by atoms with Crippen molar-refractivity contribution in [3.8, 4) is 11.4 Å². The second-order valence-electron chi connectivity index (χ2n) is 5.66. The van der Waals surface area contributed by atoms with Gasteiger partial charge in [0.1, 0.15) is 5.82 Å². The molecule has 120 valence electrons. The minimum Gasteiger partial charge on any atom is -0.365 e. The van der Waals surface area contributed by atoms with Gasteiger partial charge in [-0.1, -0.05) is 12.1 Å². The van der Waals surface area contributed by atoms with E-state index in [0.29, 0.717) is 6.54 Å². The number of benzene rings is 1. The van der Waals surface area contributed by atoms with Crippen LogP contribution in [-0.4, -0.2) is 19.7 Å². The number of aromatic nitrogens is 4. The van der Waals surface area contributed by atoms with Crippen LogP contribution < -0.4 is 5.32 Å². The predicted octanol–water partition coefficient (Wildman–Crippen LogP) is 4.01. The molecule has 1 N–H and O–H groups in total. The minimum absolute atomic E-state index is 0.684. The molecule has 0 aliphatic heterocycles. The first-order valence-corrected chi connectivity index (χ1v) is 8.67. The second kappa shape index (κ2) is 6.05. The van der Waals surface area contributed by atoms with E-state index in [4.69, 9.17) is 9.97 Å². The van der Waals surface area contributed by atoms with Crippen molar-refractivity contribution in [2.75, 3.05) is 5.32 Å². The van der Waals surface area contributed by atoms with Gasteiger partial charge in [-0.15, -0.1) is 0 Å². The van der Waals surface area contributed by atoms with Gasteiger partial charge < -0.3 is 5.32 Å². The fourth-order valence-corrected chi connectivity index (χ4v) is 3.26. The van der Waals surface area contributed by atoms with Crippen molar-refractivity contribution in [2.45, 2.75) is 13.5 Å². The molecule has 1 aromatic carbocycles. The summed E-state index contributed by atoms with van der Waals surface area (Å²) in [6, 6.07) is 10.1. The van der Waals surface area contributed by atoms with E-state index in [0.717, 1.165) is 39.4 Å². The van der Waals surface area contributed by atoms with Gasteiger partial charge in [0, 0.05) is 41.2 Å². The highest BCUT2D eigenvalue weighted by Gasteiger charge is 2.10. The summed E-state index contributed by atoms with van der Waals surface area (Å²) in [4.78, 5) is 9.45. The van der Waals surface area contributed by atoms with Crippen LogP contribution in [0.1, 0.15) is 11.3 Å². The Morgan fingerprint density at radius 3 is 2.79 bits per heavy atom. The van der Waals surface area contributed by atoms with E-state index in [1.54, 1.807) is 11.3 Å². The average Bonchev–Trinajstić information content (AvgIpc) is 3.24. The first kappa shape index (κ1) is 14.8. The molecule has 0 radical (unpaired) electrons. The van der Waals surface area contributed by atoms with E-state index < -0.39 is 0 Å². The van der Waals surface area contributed by atoms with E-state index in [1.807, 2.05) is 53.6 Å². The SMILES string of the molecule is Cc1c(CNc2nc(-c3ccsc3)nc3ccccc23)cnn1C. The van der Waals surface area contributed by atoms with Gasteiger partial charge in [0.15, 0.2) is 5.82 Å². The topological polar surface area (TPSA) is 55.6 Å². The molecule has 0 saturated heterocycles. The zero-order valence-corrected chi connectivity index (χ0v) is 14.3. The van der Waals surface area contributed by atoms with Crippen LogP contribution in [0, 0.1) is 6.92 Å². The maximum atomic E-state index is 4.75. The van der Waals surface area contributed by atoms with Crippen LogP contribution >= 0.6 is 11.3 Å². The molecule has 4 rings (SSSR count). The Morgan fingerprint density at radius 1 is 1.17 bits per heavy atom. The normalized spacial score (nSPS) is 11.1. The lowest BCUT2D eigenvalue weighted by Gasteiger charge is -2.10. The molecule has 6 heteroatoms. The number of para-hydroxylation sites is 1. The smallest absolute Gasteiger partial charge is 0.162 e. The Labute approximate surface area is 144 Å². The summed E-state index contributed by atoms with van der Waals surface area (Å²) in [7, 11) is 1.95. The quantitative estimate of drug-likeness (QED) is 0.612. The van der Waals surface area contributed by atoms with Crippen LogP contribution in [0.25, 0.3) is 22.3 Å². The van der Waals surface area contributed by atoms with Gasteiger partial charge in [-0.25, -0.2) is 9.97 Å². The fourth-order valence-electron chi connectivity index (χ4n) is 2.63. The van der Waals surface area contributed by atoms with Crippen LogP contribution in [0.3, 0.4) is 0 Å². The van der Waals surface area contributed by atoms with E-state index in [2.05, 4.69) is 22.7 Å². The fraction of sp³-hybridized carbons (Fsp3) is 0.167. The molecule has 0 saturated carbocycles. The van der Waals surface area contributed by atoms with Crippen LogP contribution in [0.15, 0.2) is 47.3 Å².